The first-order chi connectivity index (χ1) is 12.3. The first kappa shape index (κ1) is 16.1. The van der Waals surface area contributed by atoms with Gasteiger partial charge in [-0.05, 0) is 35.2 Å². The van der Waals surface area contributed by atoms with E-state index in [9.17, 15) is 4.79 Å². The Hall–Kier alpha value is -2.39. The molecule has 25 heavy (non-hydrogen) atoms. The smallest absolute Gasteiger partial charge is 0.309 e. The van der Waals surface area contributed by atoms with Crippen molar-refractivity contribution in [3.05, 3.63) is 77.4 Å². The van der Waals surface area contributed by atoms with Crippen molar-refractivity contribution < 1.29 is 9.53 Å². The van der Waals surface area contributed by atoms with E-state index in [1.165, 1.54) is 29.4 Å². The summed E-state index contributed by atoms with van der Waals surface area (Å²) in [6.45, 7) is 1.98. The van der Waals surface area contributed by atoms with Gasteiger partial charge in [0.05, 0.1) is 13.0 Å². The quantitative estimate of drug-likeness (QED) is 0.867. The second-order valence-electron chi connectivity index (χ2n) is 6.82. The fourth-order valence-corrected chi connectivity index (χ4v) is 4.05. The summed E-state index contributed by atoms with van der Waals surface area (Å²) in [6, 6.07) is 19.0. The number of carbonyl (C=O) groups is 1. The SMILES string of the molecule is COC(=O)C1C(c2ccccc2)C1c1ccc(C2=CCNCC2)cc1. The van der Waals surface area contributed by atoms with Gasteiger partial charge in [0.15, 0.2) is 0 Å². The molecule has 0 amide bonds. The minimum atomic E-state index is -0.107. The van der Waals surface area contributed by atoms with E-state index in [0.29, 0.717) is 0 Å². The largest absolute Gasteiger partial charge is 0.469 e. The van der Waals surface area contributed by atoms with Crippen LogP contribution in [0.5, 0.6) is 0 Å². The summed E-state index contributed by atoms with van der Waals surface area (Å²) in [7, 11) is 1.48. The molecule has 4 rings (SSSR count). The van der Waals surface area contributed by atoms with Crippen molar-refractivity contribution >= 4 is 11.5 Å². The maximum atomic E-state index is 12.2. The van der Waals surface area contributed by atoms with Crippen LogP contribution in [0.2, 0.25) is 0 Å². The van der Waals surface area contributed by atoms with Gasteiger partial charge in [0.25, 0.3) is 0 Å². The summed E-state index contributed by atoms with van der Waals surface area (Å²) < 4.78 is 5.04. The van der Waals surface area contributed by atoms with Gasteiger partial charge < -0.3 is 10.1 Å². The molecule has 3 heteroatoms. The summed E-state index contributed by atoms with van der Waals surface area (Å²) in [5, 5.41) is 3.34. The second kappa shape index (κ2) is 6.85. The maximum absolute atomic E-state index is 12.2. The maximum Gasteiger partial charge on any atom is 0.309 e. The van der Waals surface area contributed by atoms with Gasteiger partial charge in [-0.1, -0.05) is 60.7 Å². The lowest BCUT2D eigenvalue weighted by Gasteiger charge is -2.14. The predicted molar refractivity (Wildman–Crippen MR) is 99.3 cm³/mol. The van der Waals surface area contributed by atoms with Gasteiger partial charge >= 0.3 is 5.97 Å². The Kier molecular flexibility index (Phi) is 4.41. The molecule has 2 aromatic carbocycles. The van der Waals surface area contributed by atoms with Gasteiger partial charge in [0.1, 0.15) is 0 Å². The van der Waals surface area contributed by atoms with Crippen LogP contribution >= 0.6 is 0 Å². The summed E-state index contributed by atoms with van der Waals surface area (Å²) >= 11 is 0. The number of hydrogen-bond donors (Lipinski definition) is 1. The van der Waals surface area contributed by atoms with Crippen LogP contribution in [0.3, 0.4) is 0 Å². The predicted octanol–water partition coefficient (Wildman–Crippen LogP) is 3.73. The molecule has 0 saturated heterocycles. The lowest BCUT2D eigenvalue weighted by molar-refractivity contribution is -0.142. The van der Waals surface area contributed by atoms with Crippen LogP contribution in [-0.4, -0.2) is 26.2 Å². The van der Waals surface area contributed by atoms with Crippen LogP contribution < -0.4 is 5.32 Å². The average molecular weight is 333 g/mol. The zero-order chi connectivity index (χ0) is 17.2. The summed E-state index contributed by atoms with van der Waals surface area (Å²) in [6.07, 6.45) is 3.33. The molecule has 0 spiro atoms. The third-order valence-electron chi connectivity index (χ3n) is 5.41. The zero-order valence-electron chi connectivity index (χ0n) is 14.4. The molecular weight excluding hydrogens is 310 g/mol. The molecular formula is C22H23NO2. The molecule has 0 radical (unpaired) electrons. The lowest BCUT2D eigenvalue weighted by Crippen LogP contribution is -2.19. The van der Waals surface area contributed by atoms with Gasteiger partial charge in [-0.25, -0.2) is 0 Å². The molecule has 1 N–H and O–H groups in total. The van der Waals surface area contributed by atoms with Crippen molar-refractivity contribution in [3.8, 4) is 0 Å². The number of benzene rings is 2. The third-order valence-corrected chi connectivity index (χ3v) is 5.41. The molecule has 128 valence electrons. The molecule has 1 aliphatic carbocycles. The molecule has 3 unspecified atom stereocenters. The third kappa shape index (κ3) is 3.12. The minimum absolute atomic E-state index is 0.0728. The Balaban J connectivity index is 1.59. The van der Waals surface area contributed by atoms with Crippen molar-refractivity contribution in [3.63, 3.8) is 0 Å². The van der Waals surface area contributed by atoms with E-state index in [1.807, 2.05) is 18.2 Å². The first-order valence-corrected chi connectivity index (χ1v) is 8.92. The summed E-state index contributed by atoms with van der Waals surface area (Å²) in [4.78, 5) is 12.2. The minimum Gasteiger partial charge on any atom is -0.469 e. The molecule has 2 aliphatic rings. The highest BCUT2D eigenvalue weighted by molar-refractivity contribution is 5.80. The fourth-order valence-electron chi connectivity index (χ4n) is 4.05. The number of ether oxygens (including phenoxy) is 1. The average Bonchev–Trinajstić information content (AvgIpc) is 3.44. The molecule has 3 nitrogen and oxygen atoms in total. The van der Waals surface area contributed by atoms with E-state index < -0.39 is 0 Å². The topological polar surface area (TPSA) is 38.3 Å². The highest BCUT2D eigenvalue weighted by Crippen LogP contribution is 2.60. The normalized spacial score (nSPS) is 25.2. The standard InChI is InChI=1S/C22H23NO2/c1-25-22(24)21-19(17-5-3-2-4-6-17)20(21)18-9-7-15(8-10-18)16-11-13-23-14-12-16/h2-11,19-21,23H,12-14H2,1H3. The Morgan fingerprint density at radius 1 is 1.00 bits per heavy atom. The van der Waals surface area contributed by atoms with E-state index in [4.69, 9.17) is 4.74 Å². The van der Waals surface area contributed by atoms with Gasteiger partial charge in [0, 0.05) is 18.4 Å². The van der Waals surface area contributed by atoms with Crippen LogP contribution in [0.4, 0.5) is 0 Å². The highest BCUT2D eigenvalue weighted by Gasteiger charge is 2.56. The first-order valence-electron chi connectivity index (χ1n) is 8.92. The number of rotatable bonds is 4. The molecule has 0 aromatic heterocycles. The van der Waals surface area contributed by atoms with Gasteiger partial charge in [-0.3, -0.25) is 4.79 Å². The summed E-state index contributed by atoms with van der Waals surface area (Å²) in [5.41, 5.74) is 5.14. The molecule has 1 saturated carbocycles. The lowest BCUT2D eigenvalue weighted by atomic mass is 9.97. The van der Waals surface area contributed by atoms with Crippen LogP contribution in [0.25, 0.3) is 5.57 Å². The Labute approximate surface area is 148 Å². The Morgan fingerprint density at radius 2 is 1.68 bits per heavy atom. The van der Waals surface area contributed by atoms with Gasteiger partial charge in [0.2, 0.25) is 0 Å². The number of hydrogen-bond acceptors (Lipinski definition) is 3. The van der Waals surface area contributed by atoms with Crippen LogP contribution in [0, 0.1) is 5.92 Å². The van der Waals surface area contributed by atoms with E-state index in [1.54, 1.807) is 0 Å². The summed E-state index contributed by atoms with van der Waals surface area (Å²) in [5.74, 6) is 0.254. The van der Waals surface area contributed by atoms with E-state index in [-0.39, 0.29) is 23.7 Å². The van der Waals surface area contributed by atoms with Crippen molar-refractivity contribution in [2.24, 2.45) is 5.92 Å². The Morgan fingerprint density at radius 3 is 2.28 bits per heavy atom. The van der Waals surface area contributed by atoms with Gasteiger partial charge in [-0.2, -0.15) is 0 Å². The van der Waals surface area contributed by atoms with Crippen LogP contribution in [-0.2, 0) is 9.53 Å². The fraction of sp³-hybridized carbons (Fsp3) is 0.318. The number of esters is 1. The van der Waals surface area contributed by atoms with Crippen molar-refractivity contribution in [2.75, 3.05) is 20.2 Å². The van der Waals surface area contributed by atoms with E-state index in [2.05, 4.69) is 47.8 Å². The van der Waals surface area contributed by atoms with Crippen molar-refractivity contribution in [1.29, 1.82) is 0 Å². The van der Waals surface area contributed by atoms with Gasteiger partial charge in [-0.15, -0.1) is 0 Å². The second-order valence-corrected chi connectivity index (χ2v) is 6.82. The van der Waals surface area contributed by atoms with Crippen molar-refractivity contribution in [1.82, 2.24) is 5.32 Å². The molecule has 1 fully saturated rings. The monoisotopic (exact) mass is 333 g/mol. The molecule has 0 bridgehead atoms. The number of nitrogens with one attached hydrogen (secondary N) is 1. The number of carbonyl (C=O) groups excluding carboxylic acids is 1. The van der Waals surface area contributed by atoms with Crippen LogP contribution in [0.15, 0.2) is 60.7 Å². The zero-order valence-corrected chi connectivity index (χ0v) is 14.4. The van der Waals surface area contributed by atoms with Crippen molar-refractivity contribution in [2.45, 2.75) is 18.3 Å². The molecule has 1 heterocycles. The van der Waals surface area contributed by atoms with E-state index in [0.717, 1.165) is 19.5 Å². The molecule has 2 aromatic rings. The van der Waals surface area contributed by atoms with Crippen LogP contribution in [0.1, 0.15) is 34.9 Å². The molecule has 1 aliphatic heterocycles. The number of methoxy groups -OCH3 is 1. The molecule has 3 atom stereocenters. The Bertz CT molecular complexity index is 779. The van der Waals surface area contributed by atoms with E-state index >= 15 is 0 Å². The highest BCUT2D eigenvalue weighted by atomic mass is 16.5.